The lowest BCUT2D eigenvalue weighted by Gasteiger charge is -2.05. The standard InChI is InChI=1S/C10H12Cl2N2O2S/c11-9-4-3-8(7-10(9)12)17(15,16)14-6-2-1-5-13/h1-4,7,14H,5-6,13H2/b2-1+. The van der Waals surface area contributed by atoms with E-state index in [9.17, 15) is 8.42 Å². The first-order valence-corrected chi connectivity index (χ1v) is 7.01. The Morgan fingerprint density at radius 1 is 1.24 bits per heavy atom. The molecule has 0 aromatic heterocycles. The van der Waals surface area contributed by atoms with Crippen LogP contribution in [0.2, 0.25) is 10.0 Å². The molecule has 0 atom stereocenters. The smallest absolute Gasteiger partial charge is 0.240 e. The van der Waals surface area contributed by atoms with E-state index in [1.165, 1.54) is 18.2 Å². The Morgan fingerprint density at radius 3 is 2.53 bits per heavy atom. The van der Waals surface area contributed by atoms with Crippen LogP contribution < -0.4 is 10.5 Å². The third-order valence-corrected chi connectivity index (χ3v) is 4.06. The van der Waals surface area contributed by atoms with Gasteiger partial charge in [0.15, 0.2) is 0 Å². The van der Waals surface area contributed by atoms with E-state index in [2.05, 4.69) is 4.72 Å². The van der Waals surface area contributed by atoms with Gasteiger partial charge in [-0.05, 0) is 18.2 Å². The van der Waals surface area contributed by atoms with Gasteiger partial charge in [0.25, 0.3) is 0 Å². The second kappa shape index (κ2) is 6.37. The van der Waals surface area contributed by atoms with Crippen LogP contribution >= 0.6 is 23.2 Å². The lowest BCUT2D eigenvalue weighted by molar-refractivity contribution is 0.585. The Labute approximate surface area is 110 Å². The van der Waals surface area contributed by atoms with Crippen LogP contribution in [0.5, 0.6) is 0 Å². The first-order valence-electron chi connectivity index (χ1n) is 4.77. The fraction of sp³-hybridized carbons (Fsp3) is 0.200. The number of hydrogen-bond acceptors (Lipinski definition) is 3. The number of benzene rings is 1. The summed E-state index contributed by atoms with van der Waals surface area (Å²) in [6, 6.07) is 4.14. The van der Waals surface area contributed by atoms with Crippen molar-refractivity contribution < 1.29 is 8.42 Å². The Kier molecular flexibility index (Phi) is 5.42. The third kappa shape index (κ3) is 4.29. The summed E-state index contributed by atoms with van der Waals surface area (Å²) in [5.74, 6) is 0. The lowest BCUT2D eigenvalue weighted by atomic mass is 10.4. The van der Waals surface area contributed by atoms with Crippen molar-refractivity contribution in [3.05, 3.63) is 40.4 Å². The van der Waals surface area contributed by atoms with E-state index >= 15 is 0 Å². The molecule has 0 amide bonds. The van der Waals surface area contributed by atoms with E-state index in [1.54, 1.807) is 12.2 Å². The van der Waals surface area contributed by atoms with Crippen LogP contribution in [0.1, 0.15) is 0 Å². The van der Waals surface area contributed by atoms with Crippen LogP contribution in [-0.2, 0) is 10.0 Å². The number of halogens is 2. The largest absolute Gasteiger partial charge is 0.327 e. The number of sulfonamides is 1. The molecule has 7 heteroatoms. The minimum absolute atomic E-state index is 0.0769. The minimum atomic E-state index is -3.57. The Hall–Kier alpha value is -0.590. The summed E-state index contributed by atoms with van der Waals surface area (Å²) in [7, 11) is -3.57. The Balaban J connectivity index is 2.82. The van der Waals surface area contributed by atoms with Gasteiger partial charge in [0.05, 0.1) is 14.9 Å². The zero-order valence-corrected chi connectivity index (χ0v) is 11.2. The molecule has 4 nitrogen and oxygen atoms in total. The van der Waals surface area contributed by atoms with Crippen molar-refractivity contribution >= 4 is 33.2 Å². The van der Waals surface area contributed by atoms with Gasteiger partial charge >= 0.3 is 0 Å². The highest BCUT2D eigenvalue weighted by molar-refractivity contribution is 7.89. The summed E-state index contributed by atoms with van der Waals surface area (Å²) in [6.45, 7) is 0.550. The van der Waals surface area contributed by atoms with E-state index < -0.39 is 10.0 Å². The first kappa shape index (κ1) is 14.5. The molecule has 1 rings (SSSR count). The summed E-state index contributed by atoms with van der Waals surface area (Å²) < 4.78 is 25.9. The SMILES string of the molecule is NC/C=C/CNS(=O)(=O)c1ccc(Cl)c(Cl)c1. The van der Waals surface area contributed by atoms with Gasteiger partial charge in [-0.2, -0.15) is 0 Å². The van der Waals surface area contributed by atoms with Crippen LogP contribution in [0.4, 0.5) is 0 Å². The van der Waals surface area contributed by atoms with Crippen LogP contribution in [0.15, 0.2) is 35.2 Å². The van der Waals surface area contributed by atoms with Crippen molar-refractivity contribution in [2.75, 3.05) is 13.1 Å². The number of hydrogen-bond donors (Lipinski definition) is 2. The summed E-state index contributed by atoms with van der Waals surface area (Å²) in [5, 5.41) is 0.515. The van der Waals surface area contributed by atoms with Gasteiger partial charge in [-0.1, -0.05) is 35.4 Å². The van der Waals surface area contributed by atoms with Gasteiger partial charge in [-0.25, -0.2) is 13.1 Å². The summed E-state index contributed by atoms with van der Waals surface area (Å²) in [4.78, 5) is 0.0769. The predicted octanol–water partition coefficient (Wildman–Crippen LogP) is 1.79. The molecule has 0 radical (unpaired) electrons. The van der Waals surface area contributed by atoms with Crippen LogP contribution in [-0.4, -0.2) is 21.5 Å². The van der Waals surface area contributed by atoms with Gasteiger partial charge < -0.3 is 5.73 Å². The van der Waals surface area contributed by atoms with Crippen molar-refractivity contribution in [3.8, 4) is 0 Å². The minimum Gasteiger partial charge on any atom is -0.327 e. The number of nitrogens with one attached hydrogen (secondary N) is 1. The fourth-order valence-electron chi connectivity index (χ4n) is 1.06. The van der Waals surface area contributed by atoms with Crippen molar-refractivity contribution in [2.24, 2.45) is 5.73 Å². The monoisotopic (exact) mass is 294 g/mol. The summed E-state index contributed by atoms with van der Waals surface area (Å²) in [6.07, 6.45) is 3.30. The zero-order chi connectivity index (χ0) is 12.9. The normalized spacial score (nSPS) is 12.2. The average Bonchev–Trinajstić information content (AvgIpc) is 2.28. The van der Waals surface area contributed by atoms with Crippen LogP contribution in [0.25, 0.3) is 0 Å². The number of rotatable bonds is 5. The number of nitrogens with two attached hydrogens (primary N) is 1. The molecule has 0 fully saturated rings. The molecule has 0 aliphatic carbocycles. The van der Waals surface area contributed by atoms with Gasteiger partial charge in [0, 0.05) is 13.1 Å². The molecule has 0 aliphatic heterocycles. The lowest BCUT2D eigenvalue weighted by Crippen LogP contribution is -2.23. The first-order chi connectivity index (χ1) is 7.97. The molecule has 3 N–H and O–H groups in total. The molecule has 17 heavy (non-hydrogen) atoms. The highest BCUT2D eigenvalue weighted by atomic mass is 35.5. The maximum absolute atomic E-state index is 11.8. The highest BCUT2D eigenvalue weighted by Gasteiger charge is 2.13. The Bertz CT molecular complexity index is 515. The van der Waals surface area contributed by atoms with E-state index in [-0.39, 0.29) is 16.5 Å². The highest BCUT2D eigenvalue weighted by Crippen LogP contribution is 2.24. The zero-order valence-electron chi connectivity index (χ0n) is 8.86. The second-order valence-corrected chi connectivity index (χ2v) is 5.72. The van der Waals surface area contributed by atoms with E-state index in [0.717, 1.165) is 0 Å². The quantitative estimate of drug-likeness (QED) is 0.813. The predicted molar refractivity (Wildman–Crippen MR) is 69.8 cm³/mol. The van der Waals surface area contributed by atoms with Crippen molar-refractivity contribution in [1.82, 2.24) is 4.72 Å². The van der Waals surface area contributed by atoms with Crippen LogP contribution in [0, 0.1) is 0 Å². The van der Waals surface area contributed by atoms with Gasteiger partial charge in [0.1, 0.15) is 0 Å². The molecule has 1 aromatic rings. The van der Waals surface area contributed by atoms with Crippen LogP contribution in [0.3, 0.4) is 0 Å². The molecule has 0 unspecified atom stereocenters. The van der Waals surface area contributed by atoms with Crippen molar-refractivity contribution in [3.63, 3.8) is 0 Å². The third-order valence-electron chi connectivity index (χ3n) is 1.90. The molecule has 0 heterocycles. The molecule has 0 aliphatic rings. The van der Waals surface area contributed by atoms with Crippen molar-refractivity contribution in [1.29, 1.82) is 0 Å². The topological polar surface area (TPSA) is 72.2 Å². The fourth-order valence-corrected chi connectivity index (χ4v) is 2.43. The van der Waals surface area contributed by atoms with Gasteiger partial charge in [-0.3, -0.25) is 0 Å². The second-order valence-electron chi connectivity index (χ2n) is 3.13. The van der Waals surface area contributed by atoms with Gasteiger partial charge in [-0.15, -0.1) is 0 Å². The maximum atomic E-state index is 11.8. The maximum Gasteiger partial charge on any atom is 0.240 e. The molecule has 0 saturated heterocycles. The Morgan fingerprint density at radius 2 is 1.94 bits per heavy atom. The summed E-state index contributed by atoms with van der Waals surface area (Å²) in [5.41, 5.74) is 5.23. The molecule has 0 saturated carbocycles. The van der Waals surface area contributed by atoms with Crippen molar-refractivity contribution in [2.45, 2.75) is 4.90 Å². The molecule has 0 bridgehead atoms. The summed E-state index contributed by atoms with van der Waals surface area (Å²) >= 11 is 11.5. The average molecular weight is 295 g/mol. The molecule has 94 valence electrons. The van der Waals surface area contributed by atoms with Gasteiger partial charge in [0.2, 0.25) is 10.0 Å². The van der Waals surface area contributed by atoms with E-state index in [0.29, 0.717) is 11.6 Å². The molecule has 1 aromatic carbocycles. The molecular formula is C10H12Cl2N2O2S. The molecule has 0 spiro atoms. The molecular weight excluding hydrogens is 283 g/mol. The van der Waals surface area contributed by atoms with E-state index in [4.69, 9.17) is 28.9 Å². The van der Waals surface area contributed by atoms with E-state index in [1.807, 2.05) is 0 Å².